The lowest BCUT2D eigenvalue weighted by molar-refractivity contribution is -0.163. The molecule has 3 atom stereocenters. The number of benzene rings is 1. The number of esters is 2. The van der Waals surface area contributed by atoms with Crippen LogP contribution in [0.25, 0.3) is 0 Å². The maximum Gasteiger partial charge on any atom is 0.407 e. The molecule has 31 heavy (non-hydrogen) atoms. The lowest BCUT2D eigenvalue weighted by atomic mass is 10.0. The van der Waals surface area contributed by atoms with Gasteiger partial charge in [0.2, 0.25) is 0 Å². The lowest BCUT2D eigenvalue weighted by Crippen LogP contribution is -2.34. The van der Waals surface area contributed by atoms with Gasteiger partial charge >= 0.3 is 18.0 Å². The summed E-state index contributed by atoms with van der Waals surface area (Å²) < 4.78 is 15.6. The van der Waals surface area contributed by atoms with Crippen LogP contribution >= 0.6 is 0 Å². The van der Waals surface area contributed by atoms with Crippen molar-refractivity contribution in [2.24, 2.45) is 5.92 Å². The Morgan fingerprint density at radius 3 is 2.61 bits per heavy atom. The number of ketones is 1. The van der Waals surface area contributed by atoms with Crippen LogP contribution in [0.1, 0.15) is 57.9 Å². The molecule has 0 aliphatic carbocycles. The zero-order valence-electron chi connectivity index (χ0n) is 18.1. The van der Waals surface area contributed by atoms with Crippen LogP contribution in [-0.4, -0.2) is 42.6 Å². The number of ether oxygens (including phenoxy) is 3. The molecule has 1 aromatic carbocycles. The predicted molar refractivity (Wildman–Crippen MR) is 112 cm³/mol. The van der Waals surface area contributed by atoms with Gasteiger partial charge in [0.25, 0.3) is 0 Å². The van der Waals surface area contributed by atoms with Gasteiger partial charge < -0.3 is 19.5 Å². The number of rotatable bonds is 12. The molecule has 8 heteroatoms. The number of carbonyl (C=O) groups excluding carboxylic acids is 4. The van der Waals surface area contributed by atoms with E-state index in [0.29, 0.717) is 6.42 Å². The van der Waals surface area contributed by atoms with E-state index in [-0.39, 0.29) is 37.9 Å². The molecule has 1 aromatic rings. The summed E-state index contributed by atoms with van der Waals surface area (Å²) in [6.45, 7) is 3.59. The first-order valence-electron chi connectivity index (χ1n) is 10.8. The van der Waals surface area contributed by atoms with Crippen LogP contribution < -0.4 is 5.32 Å². The van der Waals surface area contributed by atoms with Crippen molar-refractivity contribution in [2.45, 2.75) is 71.2 Å². The molecule has 2 rings (SSSR count). The van der Waals surface area contributed by atoms with Crippen molar-refractivity contribution in [3.63, 3.8) is 0 Å². The van der Waals surface area contributed by atoms with Gasteiger partial charge in [0.15, 0.2) is 17.8 Å². The molecular weight excluding hydrogens is 402 g/mol. The van der Waals surface area contributed by atoms with Crippen molar-refractivity contribution in [3.8, 4) is 0 Å². The molecule has 1 fully saturated rings. The summed E-state index contributed by atoms with van der Waals surface area (Å²) in [6.07, 6.45) is 2.14. The second kappa shape index (κ2) is 12.7. The van der Waals surface area contributed by atoms with Crippen LogP contribution in [0.4, 0.5) is 4.79 Å². The van der Waals surface area contributed by atoms with Crippen molar-refractivity contribution in [3.05, 3.63) is 35.9 Å². The van der Waals surface area contributed by atoms with Gasteiger partial charge in [-0.3, -0.25) is 14.4 Å². The monoisotopic (exact) mass is 433 g/mol. The molecule has 1 heterocycles. The average Bonchev–Trinajstić information content (AvgIpc) is 3.12. The average molecular weight is 434 g/mol. The van der Waals surface area contributed by atoms with Crippen molar-refractivity contribution < 1.29 is 33.4 Å². The highest BCUT2D eigenvalue weighted by Crippen LogP contribution is 2.26. The molecule has 1 saturated heterocycles. The third kappa shape index (κ3) is 8.39. The minimum absolute atomic E-state index is 0.0832. The van der Waals surface area contributed by atoms with Gasteiger partial charge in [-0.2, -0.15) is 0 Å². The third-order valence-electron chi connectivity index (χ3n) is 5.08. The number of hydrogen-bond donors (Lipinski definition) is 1. The first-order chi connectivity index (χ1) is 14.9. The Bertz CT molecular complexity index is 750. The zero-order valence-corrected chi connectivity index (χ0v) is 18.1. The standard InChI is InChI=1S/C23H31NO7/c1-3-4-6-11-18-14-19(21(26)30-18)22(27)31-20(16(2)25)12-13-24-23(28)29-15-17-9-7-5-8-10-17/h5,7-10,18-20H,3-4,6,11-15H2,1-2H3,(H,24,28)/t18?,19?,20-/m0/s1. The van der Waals surface area contributed by atoms with E-state index in [2.05, 4.69) is 12.2 Å². The van der Waals surface area contributed by atoms with Crippen molar-refractivity contribution in [2.75, 3.05) is 6.54 Å². The summed E-state index contributed by atoms with van der Waals surface area (Å²) in [7, 11) is 0. The normalized spacial score (nSPS) is 18.7. The van der Waals surface area contributed by atoms with Crippen molar-refractivity contribution >= 4 is 23.8 Å². The van der Waals surface area contributed by atoms with E-state index in [1.54, 1.807) is 0 Å². The molecule has 0 spiro atoms. The fourth-order valence-corrected chi connectivity index (χ4v) is 3.29. The van der Waals surface area contributed by atoms with Crippen LogP contribution in [0.5, 0.6) is 0 Å². The number of nitrogens with one attached hydrogen (secondary N) is 1. The first-order valence-corrected chi connectivity index (χ1v) is 10.8. The summed E-state index contributed by atoms with van der Waals surface area (Å²) in [5.41, 5.74) is 0.852. The van der Waals surface area contributed by atoms with E-state index in [0.717, 1.165) is 24.8 Å². The second-order valence-corrected chi connectivity index (χ2v) is 7.66. The van der Waals surface area contributed by atoms with Crippen LogP contribution in [0.15, 0.2) is 30.3 Å². The van der Waals surface area contributed by atoms with Gasteiger partial charge in [0.1, 0.15) is 12.7 Å². The molecule has 1 N–H and O–H groups in total. The molecule has 1 amide bonds. The summed E-state index contributed by atoms with van der Waals surface area (Å²) >= 11 is 0. The molecule has 0 bridgehead atoms. The van der Waals surface area contributed by atoms with E-state index in [1.807, 2.05) is 30.3 Å². The molecule has 1 aliphatic rings. The van der Waals surface area contributed by atoms with Crippen LogP contribution in [0.3, 0.4) is 0 Å². The number of hydrogen-bond acceptors (Lipinski definition) is 7. The summed E-state index contributed by atoms with van der Waals surface area (Å²) in [5, 5.41) is 2.53. The molecule has 170 valence electrons. The third-order valence-corrected chi connectivity index (χ3v) is 5.08. The number of unbranched alkanes of at least 4 members (excludes halogenated alkanes) is 2. The topological polar surface area (TPSA) is 108 Å². The predicted octanol–water partition coefficient (Wildman–Crippen LogP) is 3.32. The Labute approximate surface area is 182 Å². The minimum atomic E-state index is -1.05. The Morgan fingerprint density at radius 2 is 1.94 bits per heavy atom. The van der Waals surface area contributed by atoms with E-state index >= 15 is 0 Å². The van der Waals surface area contributed by atoms with Crippen molar-refractivity contribution in [1.82, 2.24) is 5.32 Å². The fraction of sp³-hybridized carbons (Fsp3) is 0.565. The number of alkyl carbamates (subject to hydrolysis) is 1. The highest BCUT2D eigenvalue weighted by molar-refractivity contribution is 5.97. The Balaban J connectivity index is 1.74. The van der Waals surface area contributed by atoms with E-state index in [1.165, 1.54) is 6.92 Å². The molecule has 0 aromatic heterocycles. The molecule has 8 nitrogen and oxygen atoms in total. The van der Waals surface area contributed by atoms with Gasteiger partial charge in [-0.05, 0) is 25.3 Å². The van der Waals surface area contributed by atoms with Crippen LogP contribution in [-0.2, 0) is 35.2 Å². The quantitative estimate of drug-likeness (QED) is 0.233. The van der Waals surface area contributed by atoms with Gasteiger partial charge in [0, 0.05) is 19.4 Å². The van der Waals surface area contributed by atoms with Crippen LogP contribution in [0.2, 0.25) is 0 Å². The maximum atomic E-state index is 12.4. The van der Waals surface area contributed by atoms with E-state index < -0.39 is 30.1 Å². The lowest BCUT2D eigenvalue weighted by Gasteiger charge is -2.17. The summed E-state index contributed by atoms with van der Waals surface area (Å²) in [6, 6.07) is 9.22. The molecule has 2 unspecified atom stereocenters. The van der Waals surface area contributed by atoms with E-state index in [4.69, 9.17) is 14.2 Å². The number of cyclic esters (lactones) is 1. The molecule has 0 saturated carbocycles. The highest BCUT2D eigenvalue weighted by Gasteiger charge is 2.41. The Morgan fingerprint density at radius 1 is 1.19 bits per heavy atom. The van der Waals surface area contributed by atoms with Gasteiger partial charge in [-0.15, -0.1) is 0 Å². The smallest absolute Gasteiger partial charge is 0.407 e. The van der Waals surface area contributed by atoms with Crippen LogP contribution in [0, 0.1) is 5.92 Å². The molecule has 1 aliphatic heterocycles. The maximum absolute atomic E-state index is 12.4. The summed E-state index contributed by atoms with van der Waals surface area (Å²) in [5.74, 6) is -2.72. The van der Waals surface area contributed by atoms with Gasteiger partial charge in [-0.1, -0.05) is 50.1 Å². The number of carbonyl (C=O) groups is 4. The van der Waals surface area contributed by atoms with Crippen molar-refractivity contribution in [1.29, 1.82) is 0 Å². The van der Waals surface area contributed by atoms with Gasteiger partial charge in [-0.25, -0.2) is 4.79 Å². The largest absolute Gasteiger partial charge is 0.462 e. The zero-order chi connectivity index (χ0) is 22.6. The number of Topliss-reactive ketones (excluding diaryl/α,β-unsaturated/α-hetero) is 1. The first kappa shape index (κ1) is 24.4. The van der Waals surface area contributed by atoms with Gasteiger partial charge in [0.05, 0.1) is 0 Å². The fourth-order valence-electron chi connectivity index (χ4n) is 3.29. The second-order valence-electron chi connectivity index (χ2n) is 7.66. The molecule has 0 radical (unpaired) electrons. The number of amides is 1. The molecular formula is C23H31NO7. The summed E-state index contributed by atoms with van der Waals surface area (Å²) in [4.78, 5) is 48.1. The highest BCUT2D eigenvalue weighted by atomic mass is 16.6. The Kier molecular flexibility index (Phi) is 10.00. The van der Waals surface area contributed by atoms with E-state index in [9.17, 15) is 19.2 Å². The Hall–Kier alpha value is -2.90. The minimum Gasteiger partial charge on any atom is -0.462 e. The SMILES string of the molecule is CCCCCC1CC(C(=O)O[C@@H](CCNC(=O)OCc2ccccc2)C(C)=O)C(=O)O1.